The Kier molecular flexibility index (Phi) is 5.79. The zero-order chi connectivity index (χ0) is 19.3. The first kappa shape index (κ1) is 18.8. The van der Waals surface area contributed by atoms with Crippen molar-refractivity contribution in [3.05, 3.63) is 40.2 Å². The van der Waals surface area contributed by atoms with Gasteiger partial charge in [0.15, 0.2) is 0 Å². The average molecular weight is 417 g/mol. The van der Waals surface area contributed by atoms with Crippen LogP contribution >= 0.6 is 22.7 Å². The molecule has 0 unspecified atom stereocenters. The monoisotopic (exact) mass is 416 g/mol. The molecule has 4 heterocycles. The lowest BCUT2D eigenvalue weighted by Crippen LogP contribution is -2.51. The standard InChI is InChI=1S/C18H20N6O2S2/c25-15(22-18(26)19-10-13-2-1-8-27-13)11-23-4-6-24(7-5-23)16-14-3-9-28-17(14)21-12-20-16/h1-3,8-9,12H,4-7,10-11H2,(H2,19,22,25,26). The molecule has 3 aromatic heterocycles. The van der Waals surface area contributed by atoms with Gasteiger partial charge in [0.25, 0.3) is 0 Å². The van der Waals surface area contributed by atoms with Gasteiger partial charge >= 0.3 is 6.03 Å². The Hall–Kier alpha value is -2.56. The molecular weight excluding hydrogens is 396 g/mol. The Labute approximate surface area is 170 Å². The van der Waals surface area contributed by atoms with Gasteiger partial charge in [-0.2, -0.15) is 0 Å². The van der Waals surface area contributed by atoms with E-state index in [-0.39, 0.29) is 12.5 Å². The van der Waals surface area contributed by atoms with Crippen molar-refractivity contribution in [2.45, 2.75) is 6.54 Å². The lowest BCUT2D eigenvalue weighted by atomic mass is 10.2. The number of piperazine rings is 1. The summed E-state index contributed by atoms with van der Waals surface area (Å²) in [6.07, 6.45) is 1.60. The van der Waals surface area contributed by atoms with Crippen molar-refractivity contribution in [2.75, 3.05) is 37.6 Å². The third-order valence-electron chi connectivity index (χ3n) is 4.54. The highest BCUT2D eigenvalue weighted by atomic mass is 32.1. The Balaban J connectivity index is 1.23. The van der Waals surface area contributed by atoms with Crippen molar-refractivity contribution in [1.82, 2.24) is 25.5 Å². The van der Waals surface area contributed by atoms with Crippen LogP contribution in [0.1, 0.15) is 4.88 Å². The van der Waals surface area contributed by atoms with Crippen LogP contribution in [0.25, 0.3) is 10.2 Å². The van der Waals surface area contributed by atoms with E-state index in [4.69, 9.17) is 0 Å². The molecule has 4 rings (SSSR count). The van der Waals surface area contributed by atoms with Crippen LogP contribution in [-0.2, 0) is 11.3 Å². The number of amides is 3. The summed E-state index contributed by atoms with van der Waals surface area (Å²) < 4.78 is 0. The first-order chi connectivity index (χ1) is 13.7. The van der Waals surface area contributed by atoms with Crippen LogP contribution in [0.4, 0.5) is 10.6 Å². The Bertz CT molecular complexity index is 950. The third kappa shape index (κ3) is 4.46. The highest BCUT2D eigenvalue weighted by Gasteiger charge is 2.22. The number of rotatable bonds is 5. The third-order valence-corrected chi connectivity index (χ3v) is 6.23. The Morgan fingerprint density at radius 1 is 1.07 bits per heavy atom. The van der Waals surface area contributed by atoms with Crippen LogP contribution in [0.15, 0.2) is 35.3 Å². The number of urea groups is 1. The van der Waals surface area contributed by atoms with Crippen LogP contribution in [0.3, 0.4) is 0 Å². The predicted octanol–water partition coefficient (Wildman–Crippen LogP) is 1.90. The maximum Gasteiger partial charge on any atom is 0.321 e. The van der Waals surface area contributed by atoms with E-state index in [1.165, 1.54) is 0 Å². The van der Waals surface area contributed by atoms with Gasteiger partial charge in [-0.05, 0) is 22.9 Å². The van der Waals surface area contributed by atoms with Gasteiger partial charge in [-0.3, -0.25) is 15.0 Å². The number of anilines is 1. The number of fused-ring (bicyclic) bond motifs is 1. The van der Waals surface area contributed by atoms with Crippen LogP contribution < -0.4 is 15.5 Å². The van der Waals surface area contributed by atoms with Crippen molar-refractivity contribution in [3.63, 3.8) is 0 Å². The molecule has 1 aliphatic heterocycles. The molecule has 0 radical (unpaired) electrons. The molecular formula is C18H20N6O2S2. The van der Waals surface area contributed by atoms with Crippen LogP contribution in [0.2, 0.25) is 0 Å². The number of hydrogen-bond donors (Lipinski definition) is 2. The van der Waals surface area contributed by atoms with Crippen LogP contribution in [0.5, 0.6) is 0 Å². The fraction of sp³-hybridized carbons (Fsp3) is 0.333. The number of thiophene rings is 2. The molecule has 0 aliphatic carbocycles. The van der Waals surface area contributed by atoms with E-state index < -0.39 is 6.03 Å². The van der Waals surface area contributed by atoms with E-state index in [9.17, 15) is 9.59 Å². The van der Waals surface area contributed by atoms with E-state index in [1.807, 2.05) is 33.9 Å². The van der Waals surface area contributed by atoms with Crippen molar-refractivity contribution < 1.29 is 9.59 Å². The molecule has 0 spiro atoms. The van der Waals surface area contributed by atoms with E-state index in [1.54, 1.807) is 29.0 Å². The summed E-state index contributed by atoms with van der Waals surface area (Å²) in [6.45, 7) is 3.66. The summed E-state index contributed by atoms with van der Waals surface area (Å²) in [5.74, 6) is 0.655. The second-order valence-electron chi connectivity index (χ2n) is 6.41. The van der Waals surface area contributed by atoms with Gasteiger partial charge in [-0.15, -0.1) is 22.7 Å². The number of nitrogens with zero attached hydrogens (tertiary/aromatic N) is 4. The largest absolute Gasteiger partial charge is 0.353 e. The highest BCUT2D eigenvalue weighted by Crippen LogP contribution is 2.27. The molecule has 0 saturated carbocycles. The van der Waals surface area contributed by atoms with Crippen LogP contribution in [0, 0.1) is 0 Å². The Morgan fingerprint density at radius 2 is 1.93 bits per heavy atom. The molecule has 1 aliphatic rings. The fourth-order valence-electron chi connectivity index (χ4n) is 3.14. The Morgan fingerprint density at radius 3 is 2.71 bits per heavy atom. The fourth-order valence-corrected chi connectivity index (χ4v) is 4.51. The quantitative estimate of drug-likeness (QED) is 0.660. The second-order valence-corrected chi connectivity index (χ2v) is 8.34. The van der Waals surface area contributed by atoms with Gasteiger partial charge in [0.2, 0.25) is 5.91 Å². The molecule has 0 aromatic carbocycles. The van der Waals surface area contributed by atoms with Gasteiger partial charge in [0.1, 0.15) is 17.0 Å². The van der Waals surface area contributed by atoms with E-state index in [0.717, 1.165) is 47.1 Å². The van der Waals surface area contributed by atoms with Crippen molar-refractivity contribution >= 4 is 50.6 Å². The predicted molar refractivity (Wildman–Crippen MR) is 111 cm³/mol. The molecule has 1 fully saturated rings. The normalized spacial score (nSPS) is 14.9. The number of hydrogen-bond acceptors (Lipinski definition) is 8. The first-order valence-corrected chi connectivity index (χ1v) is 10.7. The van der Waals surface area contributed by atoms with E-state index in [0.29, 0.717) is 6.54 Å². The molecule has 0 atom stereocenters. The minimum absolute atomic E-state index is 0.206. The number of imide groups is 1. The van der Waals surface area contributed by atoms with Gasteiger partial charge in [0.05, 0.1) is 18.5 Å². The van der Waals surface area contributed by atoms with Crippen molar-refractivity contribution in [2.24, 2.45) is 0 Å². The molecule has 1 saturated heterocycles. The van der Waals surface area contributed by atoms with Crippen molar-refractivity contribution in [3.8, 4) is 0 Å². The van der Waals surface area contributed by atoms with Crippen molar-refractivity contribution in [1.29, 1.82) is 0 Å². The average Bonchev–Trinajstić information content (AvgIpc) is 3.38. The molecule has 2 N–H and O–H groups in total. The van der Waals surface area contributed by atoms with Gasteiger partial charge < -0.3 is 10.2 Å². The van der Waals surface area contributed by atoms with Gasteiger partial charge in [0, 0.05) is 31.1 Å². The van der Waals surface area contributed by atoms with E-state index >= 15 is 0 Å². The molecule has 3 amide bonds. The SMILES string of the molecule is O=C(CN1CCN(c2ncnc3sccc23)CC1)NC(=O)NCc1cccs1. The van der Waals surface area contributed by atoms with Gasteiger partial charge in [-0.1, -0.05) is 6.07 Å². The maximum absolute atomic E-state index is 12.1. The number of carbonyl (C=O) groups is 2. The zero-order valence-corrected chi connectivity index (χ0v) is 16.8. The molecule has 3 aromatic rings. The summed E-state index contributed by atoms with van der Waals surface area (Å²) in [7, 11) is 0. The lowest BCUT2D eigenvalue weighted by Gasteiger charge is -2.35. The zero-order valence-electron chi connectivity index (χ0n) is 15.1. The summed E-state index contributed by atoms with van der Waals surface area (Å²) >= 11 is 3.17. The lowest BCUT2D eigenvalue weighted by molar-refractivity contribution is -0.121. The molecule has 10 heteroatoms. The number of nitrogens with one attached hydrogen (secondary N) is 2. The topological polar surface area (TPSA) is 90.5 Å². The van der Waals surface area contributed by atoms with Gasteiger partial charge in [-0.25, -0.2) is 14.8 Å². The summed E-state index contributed by atoms with van der Waals surface area (Å²) in [6, 6.07) is 5.45. The number of aromatic nitrogens is 2. The number of carbonyl (C=O) groups excluding carboxylic acids is 2. The maximum atomic E-state index is 12.1. The summed E-state index contributed by atoms with van der Waals surface area (Å²) in [5.41, 5.74) is 0. The van der Waals surface area contributed by atoms with Crippen LogP contribution in [-0.4, -0.2) is 59.5 Å². The summed E-state index contributed by atoms with van der Waals surface area (Å²) in [4.78, 5) is 39.0. The minimum Gasteiger partial charge on any atom is -0.353 e. The second kappa shape index (κ2) is 8.63. The molecule has 146 valence electrons. The smallest absolute Gasteiger partial charge is 0.321 e. The molecule has 28 heavy (non-hydrogen) atoms. The minimum atomic E-state index is -0.460. The van der Waals surface area contributed by atoms with E-state index in [2.05, 4.69) is 25.5 Å². The first-order valence-electron chi connectivity index (χ1n) is 8.94. The molecule has 0 bridgehead atoms. The summed E-state index contributed by atoms with van der Waals surface area (Å²) in [5, 5.41) is 10.1. The highest BCUT2D eigenvalue weighted by molar-refractivity contribution is 7.16. The molecule has 8 nitrogen and oxygen atoms in total.